The van der Waals surface area contributed by atoms with Gasteiger partial charge >= 0.3 is 0 Å². The lowest BCUT2D eigenvalue weighted by atomic mass is 10.1. The molecule has 0 spiro atoms. The van der Waals surface area contributed by atoms with E-state index in [-0.39, 0.29) is 17.8 Å². The molecule has 19 heavy (non-hydrogen) atoms. The molecule has 1 N–H and O–H groups in total. The Morgan fingerprint density at radius 1 is 1.37 bits per heavy atom. The van der Waals surface area contributed by atoms with Gasteiger partial charge in [-0.3, -0.25) is 0 Å². The molecule has 0 aliphatic carbocycles. The van der Waals surface area contributed by atoms with Crippen molar-refractivity contribution in [1.82, 2.24) is 5.32 Å². The number of halogens is 1. The second-order valence-electron chi connectivity index (χ2n) is 5.35. The van der Waals surface area contributed by atoms with Gasteiger partial charge in [-0.2, -0.15) is 0 Å². The standard InChI is InChI=1S/C14H20ClNO2S/c1-11(9-12-4-6-13(15)7-5-12)16-14-3-2-8-19(17,18)10-14/h4-7,11,14,16H,2-3,8-10H2,1H3. The molecule has 1 heterocycles. The lowest BCUT2D eigenvalue weighted by molar-refractivity contribution is 0.428. The molecule has 2 rings (SSSR count). The summed E-state index contributed by atoms with van der Waals surface area (Å²) in [5.74, 6) is 0.620. The Hall–Kier alpha value is -0.580. The van der Waals surface area contributed by atoms with E-state index >= 15 is 0 Å². The Balaban J connectivity index is 1.87. The Bertz CT molecular complexity index is 513. The fourth-order valence-corrected chi connectivity index (χ4v) is 4.36. The molecular weight excluding hydrogens is 282 g/mol. The molecule has 5 heteroatoms. The van der Waals surface area contributed by atoms with Crippen LogP contribution in [0.2, 0.25) is 5.02 Å². The fourth-order valence-electron chi connectivity index (χ4n) is 2.59. The van der Waals surface area contributed by atoms with Crippen LogP contribution in [-0.2, 0) is 16.3 Å². The van der Waals surface area contributed by atoms with E-state index in [1.165, 1.54) is 5.56 Å². The molecule has 0 amide bonds. The largest absolute Gasteiger partial charge is 0.310 e. The van der Waals surface area contributed by atoms with Crippen molar-refractivity contribution in [2.75, 3.05) is 11.5 Å². The molecule has 0 saturated carbocycles. The molecule has 3 nitrogen and oxygen atoms in total. The summed E-state index contributed by atoms with van der Waals surface area (Å²) < 4.78 is 23.2. The zero-order chi connectivity index (χ0) is 13.9. The maximum absolute atomic E-state index is 11.6. The highest BCUT2D eigenvalue weighted by Gasteiger charge is 2.25. The van der Waals surface area contributed by atoms with Crippen LogP contribution in [-0.4, -0.2) is 32.0 Å². The maximum Gasteiger partial charge on any atom is 0.151 e. The van der Waals surface area contributed by atoms with Crippen molar-refractivity contribution in [3.63, 3.8) is 0 Å². The van der Waals surface area contributed by atoms with Crippen LogP contribution in [0, 0.1) is 0 Å². The summed E-state index contributed by atoms with van der Waals surface area (Å²) >= 11 is 5.85. The van der Waals surface area contributed by atoms with Gasteiger partial charge in [0.25, 0.3) is 0 Å². The van der Waals surface area contributed by atoms with E-state index in [9.17, 15) is 8.42 Å². The number of hydrogen-bond acceptors (Lipinski definition) is 3. The first-order valence-electron chi connectivity index (χ1n) is 6.65. The Kier molecular flexibility index (Phi) is 4.87. The van der Waals surface area contributed by atoms with Gasteiger partial charge in [0.1, 0.15) is 0 Å². The smallest absolute Gasteiger partial charge is 0.151 e. The quantitative estimate of drug-likeness (QED) is 0.929. The minimum Gasteiger partial charge on any atom is -0.310 e. The third-order valence-corrected chi connectivity index (χ3v) is 5.51. The second-order valence-corrected chi connectivity index (χ2v) is 8.02. The van der Waals surface area contributed by atoms with E-state index < -0.39 is 9.84 Å². The first-order valence-corrected chi connectivity index (χ1v) is 8.85. The average molecular weight is 302 g/mol. The zero-order valence-electron chi connectivity index (χ0n) is 11.1. The SMILES string of the molecule is CC(Cc1ccc(Cl)cc1)NC1CCCS(=O)(=O)C1. The molecule has 1 saturated heterocycles. The maximum atomic E-state index is 11.6. The molecule has 0 radical (unpaired) electrons. The molecule has 1 fully saturated rings. The van der Waals surface area contributed by atoms with Gasteiger partial charge in [-0.05, 0) is 43.9 Å². The highest BCUT2D eigenvalue weighted by Crippen LogP contribution is 2.14. The van der Waals surface area contributed by atoms with Gasteiger partial charge in [0, 0.05) is 17.1 Å². The molecular formula is C14H20ClNO2S. The predicted molar refractivity (Wildman–Crippen MR) is 79.4 cm³/mol. The Morgan fingerprint density at radius 2 is 2.05 bits per heavy atom. The number of benzene rings is 1. The van der Waals surface area contributed by atoms with E-state index in [0.29, 0.717) is 5.75 Å². The third-order valence-electron chi connectivity index (χ3n) is 3.44. The van der Waals surface area contributed by atoms with Crippen LogP contribution in [0.1, 0.15) is 25.3 Å². The predicted octanol–water partition coefficient (Wildman–Crippen LogP) is 2.44. The van der Waals surface area contributed by atoms with Crippen molar-refractivity contribution in [2.45, 2.75) is 38.3 Å². The number of sulfone groups is 1. The normalized spacial score (nSPS) is 24.0. The van der Waals surface area contributed by atoms with Gasteiger partial charge in [-0.15, -0.1) is 0 Å². The lowest BCUT2D eigenvalue weighted by Gasteiger charge is -2.26. The van der Waals surface area contributed by atoms with Crippen molar-refractivity contribution in [3.05, 3.63) is 34.9 Å². The summed E-state index contributed by atoms with van der Waals surface area (Å²) in [6.45, 7) is 2.09. The molecule has 1 aliphatic rings. The van der Waals surface area contributed by atoms with E-state index in [1.54, 1.807) is 0 Å². The first kappa shape index (κ1) is 14.8. The molecule has 1 aromatic carbocycles. The highest BCUT2D eigenvalue weighted by molar-refractivity contribution is 7.91. The lowest BCUT2D eigenvalue weighted by Crippen LogP contribution is -2.44. The van der Waals surface area contributed by atoms with Gasteiger partial charge in [0.15, 0.2) is 9.84 Å². The fraction of sp³-hybridized carbons (Fsp3) is 0.571. The van der Waals surface area contributed by atoms with E-state index in [0.717, 1.165) is 24.3 Å². The molecule has 106 valence electrons. The van der Waals surface area contributed by atoms with Crippen molar-refractivity contribution < 1.29 is 8.42 Å². The van der Waals surface area contributed by atoms with Crippen molar-refractivity contribution in [3.8, 4) is 0 Å². The summed E-state index contributed by atoms with van der Waals surface area (Å²) in [5.41, 5.74) is 1.21. The van der Waals surface area contributed by atoms with Crippen LogP contribution >= 0.6 is 11.6 Å². The van der Waals surface area contributed by atoms with Crippen LogP contribution < -0.4 is 5.32 Å². The third kappa shape index (κ3) is 4.79. The molecule has 2 unspecified atom stereocenters. The summed E-state index contributed by atoms with van der Waals surface area (Å²) in [6, 6.07) is 8.15. The van der Waals surface area contributed by atoms with Crippen LogP contribution in [0.5, 0.6) is 0 Å². The van der Waals surface area contributed by atoms with Crippen LogP contribution in [0.3, 0.4) is 0 Å². The van der Waals surface area contributed by atoms with Gasteiger partial charge in [0.05, 0.1) is 11.5 Å². The number of nitrogens with one attached hydrogen (secondary N) is 1. The van der Waals surface area contributed by atoms with Crippen molar-refractivity contribution in [2.24, 2.45) is 0 Å². The molecule has 1 aromatic rings. The molecule has 0 aromatic heterocycles. The Morgan fingerprint density at radius 3 is 2.68 bits per heavy atom. The highest BCUT2D eigenvalue weighted by atomic mass is 35.5. The van der Waals surface area contributed by atoms with E-state index in [4.69, 9.17) is 11.6 Å². The van der Waals surface area contributed by atoms with Crippen LogP contribution in [0.25, 0.3) is 0 Å². The van der Waals surface area contributed by atoms with E-state index in [1.807, 2.05) is 24.3 Å². The van der Waals surface area contributed by atoms with E-state index in [2.05, 4.69) is 12.2 Å². The number of hydrogen-bond donors (Lipinski definition) is 1. The van der Waals surface area contributed by atoms with Crippen molar-refractivity contribution in [1.29, 1.82) is 0 Å². The zero-order valence-corrected chi connectivity index (χ0v) is 12.7. The van der Waals surface area contributed by atoms with Crippen LogP contribution in [0.4, 0.5) is 0 Å². The van der Waals surface area contributed by atoms with Gasteiger partial charge < -0.3 is 5.32 Å². The molecule has 0 bridgehead atoms. The topological polar surface area (TPSA) is 46.2 Å². The molecule has 1 aliphatic heterocycles. The minimum atomic E-state index is -2.84. The van der Waals surface area contributed by atoms with Crippen LogP contribution in [0.15, 0.2) is 24.3 Å². The summed E-state index contributed by atoms with van der Waals surface area (Å²) in [5, 5.41) is 4.16. The van der Waals surface area contributed by atoms with Gasteiger partial charge in [-0.25, -0.2) is 8.42 Å². The second kappa shape index (κ2) is 6.25. The first-order chi connectivity index (χ1) is 8.94. The average Bonchev–Trinajstić information content (AvgIpc) is 2.30. The number of rotatable bonds is 4. The summed E-state index contributed by atoms with van der Waals surface area (Å²) in [7, 11) is -2.84. The summed E-state index contributed by atoms with van der Waals surface area (Å²) in [6.07, 6.45) is 2.60. The minimum absolute atomic E-state index is 0.0982. The monoisotopic (exact) mass is 301 g/mol. The molecule has 2 atom stereocenters. The Labute approximate surface area is 120 Å². The van der Waals surface area contributed by atoms with Gasteiger partial charge in [0.2, 0.25) is 0 Å². The van der Waals surface area contributed by atoms with Crippen molar-refractivity contribution >= 4 is 21.4 Å². The summed E-state index contributed by atoms with van der Waals surface area (Å²) in [4.78, 5) is 0. The van der Waals surface area contributed by atoms with Gasteiger partial charge in [-0.1, -0.05) is 23.7 Å².